The van der Waals surface area contributed by atoms with Gasteiger partial charge in [-0.3, -0.25) is 9.36 Å². The third-order valence-electron chi connectivity index (χ3n) is 5.62. The molecule has 0 radical (unpaired) electrons. The number of nitrogens with one attached hydrogen (secondary N) is 1. The number of benzene rings is 1. The van der Waals surface area contributed by atoms with Gasteiger partial charge in [0.2, 0.25) is 0 Å². The monoisotopic (exact) mass is 450 g/mol. The van der Waals surface area contributed by atoms with Crippen LogP contribution in [0.2, 0.25) is 0 Å². The molecule has 1 saturated heterocycles. The molecule has 1 aliphatic rings. The molecule has 12 heteroatoms. The van der Waals surface area contributed by atoms with Crippen LogP contribution in [-0.2, 0) is 4.74 Å². The van der Waals surface area contributed by atoms with E-state index in [-0.39, 0.29) is 5.69 Å². The minimum atomic E-state index is -1.19. The Hall–Kier alpha value is -3.74. The number of imidazole rings is 1. The first-order valence-corrected chi connectivity index (χ1v) is 10.3. The summed E-state index contributed by atoms with van der Waals surface area (Å²) in [6.07, 6.45) is -0.0684. The lowest BCUT2D eigenvalue weighted by atomic mass is 10.1. The molecule has 0 saturated carbocycles. The molecule has 1 amide bonds. The van der Waals surface area contributed by atoms with Gasteiger partial charge in [-0.15, -0.1) is 10.2 Å². The Balaban J connectivity index is 1.42. The minimum Gasteiger partial charge on any atom is -0.394 e. The number of hydrogen-bond donors (Lipinski definition) is 3. The SMILES string of the molecule is CN(C)c1ncnc2c1ncn2[C@@H]1O[C@H](CO)[C@@H](NC(=O)c2cc3ccccc3nn2)[C@H]1O. The zero-order valence-corrected chi connectivity index (χ0v) is 17.9. The van der Waals surface area contributed by atoms with Crippen LogP contribution in [0.1, 0.15) is 16.7 Å². The van der Waals surface area contributed by atoms with Crippen molar-refractivity contribution in [3.8, 4) is 0 Å². The minimum absolute atomic E-state index is 0.0949. The zero-order chi connectivity index (χ0) is 23.1. The van der Waals surface area contributed by atoms with Gasteiger partial charge in [0.25, 0.3) is 5.91 Å². The molecular formula is C21H22N8O4. The maximum Gasteiger partial charge on any atom is 0.272 e. The van der Waals surface area contributed by atoms with Crippen LogP contribution in [0.25, 0.3) is 22.1 Å². The van der Waals surface area contributed by atoms with Crippen molar-refractivity contribution in [3.05, 3.63) is 48.7 Å². The second-order valence-electron chi connectivity index (χ2n) is 7.94. The molecule has 0 aliphatic carbocycles. The van der Waals surface area contributed by atoms with Crippen molar-refractivity contribution in [1.29, 1.82) is 0 Å². The van der Waals surface area contributed by atoms with Crippen molar-refractivity contribution in [2.24, 2.45) is 0 Å². The van der Waals surface area contributed by atoms with Gasteiger partial charge in [0.1, 0.15) is 18.5 Å². The highest BCUT2D eigenvalue weighted by Crippen LogP contribution is 2.32. The number of anilines is 1. The van der Waals surface area contributed by atoms with E-state index < -0.39 is 37.0 Å². The van der Waals surface area contributed by atoms with E-state index in [0.717, 1.165) is 5.39 Å². The quantitative estimate of drug-likeness (QED) is 0.375. The standard InChI is InChI=1S/C21H22N8O4/c1-28(2)18-16-19(23-9-22-18)29(10-24-16)21-17(31)15(14(8-30)33-21)25-20(32)13-7-11-5-3-4-6-12(11)26-27-13/h3-7,9-10,14-15,17,21,30-31H,8H2,1-2H3,(H,25,32)/t14-,15-,17-,21-/m1/s1. The molecule has 170 valence electrons. The van der Waals surface area contributed by atoms with Crippen molar-refractivity contribution in [2.75, 3.05) is 25.6 Å². The molecular weight excluding hydrogens is 428 g/mol. The summed E-state index contributed by atoms with van der Waals surface area (Å²) in [6, 6.07) is 8.03. The number of carbonyl (C=O) groups excluding carboxylic acids is 1. The van der Waals surface area contributed by atoms with Gasteiger partial charge in [-0.2, -0.15) is 0 Å². The van der Waals surface area contributed by atoms with Crippen molar-refractivity contribution in [3.63, 3.8) is 0 Å². The molecule has 33 heavy (non-hydrogen) atoms. The van der Waals surface area contributed by atoms with E-state index in [1.807, 2.05) is 32.3 Å². The molecule has 1 aromatic carbocycles. The van der Waals surface area contributed by atoms with Crippen LogP contribution in [0.3, 0.4) is 0 Å². The summed E-state index contributed by atoms with van der Waals surface area (Å²) in [4.78, 5) is 27.6. The fraction of sp³-hybridized carbons (Fsp3) is 0.333. The van der Waals surface area contributed by atoms with E-state index in [4.69, 9.17) is 4.74 Å². The van der Waals surface area contributed by atoms with Crippen LogP contribution in [-0.4, -0.2) is 84.8 Å². The molecule has 1 aliphatic heterocycles. The highest BCUT2D eigenvalue weighted by Gasteiger charge is 2.46. The number of ether oxygens (including phenoxy) is 1. The summed E-state index contributed by atoms with van der Waals surface area (Å²) < 4.78 is 7.46. The Morgan fingerprint density at radius 1 is 1.21 bits per heavy atom. The second-order valence-corrected chi connectivity index (χ2v) is 7.94. The van der Waals surface area contributed by atoms with Crippen LogP contribution < -0.4 is 10.2 Å². The molecule has 4 heterocycles. The number of nitrogens with zero attached hydrogens (tertiary/aromatic N) is 7. The van der Waals surface area contributed by atoms with Crippen LogP contribution in [0, 0.1) is 0 Å². The first-order chi connectivity index (χ1) is 16.0. The maximum absolute atomic E-state index is 12.9. The number of carbonyl (C=O) groups is 1. The topological polar surface area (TPSA) is 151 Å². The lowest BCUT2D eigenvalue weighted by molar-refractivity contribution is -0.0489. The molecule has 12 nitrogen and oxygen atoms in total. The van der Waals surface area contributed by atoms with Gasteiger partial charge in [0, 0.05) is 19.5 Å². The van der Waals surface area contributed by atoms with E-state index >= 15 is 0 Å². The fourth-order valence-electron chi connectivity index (χ4n) is 3.98. The lowest BCUT2D eigenvalue weighted by Crippen LogP contribution is -2.48. The predicted octanol–water partition coefficient (Wildman–Crippen LogP) is -0.115. The highest BCUT2D eigenvalue weighted by atomic mass is 16.5. The van der Waals surface area contributed by atoms with Crippen LogP contribution in [0.4, 0.5) is 5.82 Å². The number of amides is 1. The molecule has 3 N–H and O–H groups in total. The van der Waals surface area contributed by atoms with Gasteiger partial charge in [-0.1, -0.05) is 18.2 Å². The summed E-state index contributed by atoms with van der Waals surface area (Å²) in [7, 11) is 3.68. The molecule has 3 aromatic heterocycles. The Labute approximate surface area is 187 Å². The van der Waals surface area contributed by atoms with E-state index in [2.05, 4.69) is 30.5 Å². The lowest BCUT2D eigenvalue weighted by Gasteiger charge is -2.20. The molecule has 4 aromatic rings. The Morgan fingerprint density at radius 2 is 2.03 bits per heavy atom. The van der Waals surface area contributed by atoms with Gasteiger partial charge in [-0.05, 0) is 12.1 Å². The average Bonchev–Trinajstić information content (AvgIpc) is 3.39. The number of rotatable bonds is 5. The fourth-order valence-corrected chi connectivity index (χ4v) is 3.98. The Kier molecular flexibility index (Phi) is 5.32. The number of fused-ring (bicyclic) bond motifs is 2. The zero-order valence-electron chi connectivity index (χ0n) is 17.9. The predicted molar refractivity (Wildman–Crippen MR) is 117 cm³/mol. The van der Waals surface area contributed by atoms with Crippen LogP contribution in [0.5, 0.6) is 0 Å². The summed E-state index contributed by atoms with van der Waals surface area (Å²) >= 11 is 0. The average molecular weight is 450 g/mol. The smallest absolute Gasteiger partial charge is 0.272 e. The van der Waals surface area contributed by atoms with Gasteiger partial charge in [0.15, 0.2) is 28.9 Å². The van der Waals surface area contributed by atoms with Gasteiger partial charge in [-0.25, -0.2) is 15.0 Å². The van der Waals surface area contributed by atoms with E-state index in [9.17, 15) is 15.0 Å². The second kappa shape index (κ2) is 8.31. The van der Waals surface area contributed by atoms with Gasteiger partial charge < -0.3 is 25.2 Å². The number of hydrogen-bond acceptors (Lipinski definition) is 10. The summed E-state index contributed by atoms with van der Waals surface area (Å²) in [5, 5.41) is 32.4. The normalized spacial score (nSPS) is 22.7. The Morgan fingerprint density at radius 3 is 2.82 bits per heavy atom. The maximum atomic E-state index is 12.9. The highest BCUT2D eigenvalue weighted by molar-refractivity contribution is 5.95. The molecule has 0 unspecified atom stereocenters. The molecule has 1 fully saturated rings. The largest absolute Gasteiger partial charge is 0.394 e. The van der Waals surface area contributed by atoms with E-state index in [1.54, 1.807) is 21.6 Å². The van der Waals surface area contributed by atoms with Gasteiger partial charge in [0.05, 0.1) is 24.5 Å². The number of aliphatic hydroxyl groups is 2. The van der Waals surface area contributed by atoms with Crippen molar-refractivity contribution < 1.29 is 19.7 Å². The number of aromatic nitrogens is 6. The Bertz CT molecular complexity index is 1330. The van der Waals surface area contributed by atoms with Crippen molar-refractivity contribution >= 4 is 33.8 Å². The third-order valence-corrected chi connectivity index (χ3v) is 5.62. The van der Waals surface area contributed by atoms with Crippen LogP contribution in [0.15, 0.2) is 43.0 Å². The van der Waals surface area contributed by atoms with E-state index in [1.165, 1.54) is 12.7 Å². The molecule has 0 bridgehead atoms. The van der Waals surface area contributed by atoms with Gasteiger partial charge >= 0.3 is 0 Å². The number of aliphatic hydroxyl groups excluding tert-OH is 2. The third kappa shape index (κ3) is 3.63. The van der Waals surface area contributed by atoms with Crippen LogP contribution >= 0.6 is 0 Å². The summed E-state index contributed by atoms with van der Waals surface area (Å²) in [6.45, 7) is -0.410. The molecule has 0 spiro atoms. The summed E-state index contributed by atoms with van der Waals surface area (Å²) in [5.41, 5.74) is 1.76. The first kappa shape index (κ1) is 21.1. The molecule has 5 rings (SSSR count). The van der Waals surface area contributed by atoms with E-state index in [0.29, 0.717) is 22.5 Å². The van der Waals surface area contributed by atoms with Crippen molar-refractivity contribution in [2.45, 2.75) is 24.5 Å². The first-order valence-electron chi connectivity index (χ1n) is 10.3. The molecule has 4 atom stereocenters. The van der Waals surface area contributed by atoms with Crippen molar-refractivity contribution in [1.82, 2.24) is 35.0 Å². The summed E-state index contributed by atoms with van der Waals surface area (Å²) in [5.74, 6) is 0.0809.